The van der Waals surface area contributed by atoms with E-state index in [9.17, 15) is 0 Å². The second kappa shape index (κ2) is 4.73. The normalized spacial score (nSPS) is 17.9. The number of rotatable bonds is 2. The van der Waals surface area contributed by atoms with Crippen molar-refractivity contribution in [3.8, 4) is 0 Å². The third kappa shape index (κ3) is 2.39. The van der Waals surface area contributed by atoms with Gasteiger partial charge < -0.3 is 5.73 Å². The number of hydrogen-bond donors (Lipinski definition) is 1. The number of aromatic nitrogens is 1. The van der Waals surface area contributed by atoms with E-state index in [-0.39, 0.29) is 0 Å². The smallest absolute Gasteiger partial charge is 0.182 e. The van der Waals surface area contributed by atoms with Crippen molar-refractivity contribution in [2.24, 2.45) is 0 Å². The van der Waals surface area contributed by atoms with Gasteiger partial charge in [0.2, 0.25) is 0 Å². The molecule has 0 spiro atoms. The molecule has 1 aromatic heterocycles. The van der Waals surface area contributed by atoms with E-state index in [1.54, 1.807) is 0 Å². The Morgan fingerprint density at radius 3 is 2.88 bits per heavy atom. The van der Waals surface area contributed by atoms with Crippen LogP contribution in [0.15, 0.2) is 6.08 Å². The van der Waals surface area contributed by atoms with Crippen LogP contribution in [0.2, 0.25) is 4.34 Å². The van der Waals surface area contributed by atoms with Crippen LogP contribution in [0.4, 0.5) is 5.13 Å². The second-order valence-corrected chi connectivity index (χ2v) is 5.89. The van der Waals surface area contributed by atoms with Crippen molar-refractivity contribution in [3.05, 3.63) is 16.1 Å². The molecule has 0 atom stereocenters. The number of nitrogens with zero attached hydrogens (tertiary/aromatic N) is 2. The van der Waals surface area contributed by atoms with Gasteiger partial charge in [-0.25, -0.2) is 4.98 Å². The highest BCUT2D eigenvalue weighted by atomic mass is 35.5. The van der Waals surface area contributed by atoms with Crippen LogP contribution in [0, 0.1) is 0 Å². The van der Waals surface area contributed by atoms with E-state index in [1.165, 1.54) is 16.9 Å². The fourth-order valence-electron chi connectivity index (χ4n) is 1.89. The molecule has 0 radical (unpaired) electrons. The summed E-state index contributed by atoms with van der Waals surface area (Å²) in [6.07, 6.45) is 3.28. The van der Waals surface area contributed by atoms with Crippen LogP contribution in [-0.2, 0) is 0 Å². The van der Waals surface area contributed by atoms with Gasteiger partial charge in [-0.3, -0.25) is 4.90 Å². The predicted molar refractivity (Wildman–Crippen MR) is 70.8 cm³/mol. The topological polar surface area (TPSA) is 42.2 Å². The predicted octanol–water partition coefficient (Wildman–Crippen LogP) is 2.88. The zero-order valence-corrected chi connectivity index (χ0v) is 11.1. The molecule has 2 heterocycles. The summed E-state index contributed by atoms with van der Waals surface area (Å²) in [7, 11) is 0. The molecule has 0 bridgehead atoms. The van der Waals surface area contributed by atoms with Gasteiger partial charge in [0.1, 0.15) is 4.34 Å². The summed E-state index contributed by atoms with van der Waals surface area (Å²) in [6.45, 7) is 6.44. The Morgan fingerprint density at radius 2 is 2.31 bits per heavy atom. The van der Waals surface area contributed by atoms with E-state index in [0.717, 1.165) is 25.2 Å². The Hall–Kier alpha value is -0.580. The van der Waals surface area contributed by atoms with Crippen molar-refractivity contribution in [1.29, 1.82) is 0 Å². The number of nitrogens with two attached hydrogens (primary N) is 1. The highest BCUT2D eigenvalue weighted by Gasteiger charge is 2.20. The van der Waals surface area contributed by atoms with Crippen LogP contribution in [0.25, 0.3) is 5.57 Å². The van der Waals surface area contributed by atoms with E-state index in [0.29, 0.717) is 15.5 Å². The van der Waals surface area contributed by atoms with Crippen LogP contribution >= 0.6 is 22.9 Å². The van der Waals surface area contributed by atoms with E-state index < -0.39 is 0 Å². The van der Waals surface area contributed by atoms with Gasteiger partial charge in [-0.1, -0.05) is 29.0 Å². The number of halogens is 1. The minimum absolute atomic E-state index is 0.544. The highest BCUT2D eigenvalue weighted by Crippen LogP contribution is 2.32. The van der Waals surface area contributed by atoms with Gasteiger partial charge in [-0.05, 0) is 25.8 Å². The number of thiazole rings is 1. The first-order valence-corrected chi connectivity index (χ1v) is 6.62. The largest absolute Gasteiger partial charge is 0.375 e. The quantitative estimate of drug-likeness (QED) is 0.886. The Morgan fingerprint density at radius 1 is 1.56 bits per heavy atom. The molecule has 0 aliphatic carbocycles. The summed E-state index contributed by atoms with van der Waals surface area (Å²) in [5.74, 6) is 0. The van der Waals surface area contributed by atoms with Gasteiger partial charge in [0, 0.05) is 19.1 Å². The third-order valence-corrected chi connectivity index (χ3v) is 3.90. The first-order valence-electron chi connectivity index (χ1n) is 5.43. The van der Waals surface area contributed by atoms with Crippen molar-refractivity contribution in [2.45, 2.75) is 26.3 Å². The lowest BCUT2D eigenvalue weighted by Crippen LogP contribution is -2.35. The fraction of sp³-hybridized carbons (Fsp3) is 0.545. The molecule has 0 unspecified atom stereocenters. The number of anilines is 1. The molecule has 0 saturated heterocycles. The lowest BCUT2D eigenvalue weighted by Gasteiger charge is -2.30. The van der Waals surface area contributed by atoms with Gasteiger partial charge >= 0.3 is 0 Å². The summed E-state index contributed by atoms with van der Waals surface area (Å²) in [5, 5.41) is 0.544. The van der Waals surface area contributed by atoms with Gasteiger partial charge in [0.15, 0.2) is 5.13 Å². The van der Waals surface area contributed by atoms with Crippen LogP contribution in [-0.4, -0.2) is 29.0 Å². The van der Waals surface area contributed by atoms with Crippen LogP contribution in [0.1, 0.15) is 26.0 Å². The molecule has 0 fully saturated rings. The lowest BCUT2D eigenvalue weighted by atomic mass is 10.1. The molecule has 0 amide bonds. The maximum atomic E-state index is 6.12. The number of hydrogen-bond acceptors (Lipinski definition) is 4. The maximum absolute atomic E-state index is 6.12. The summed E-state index contributed by atoms with van der Waals surface area (Å²) >= 11 is 7.47. The first kappa shape index (κ1) is 11.9. The molecule has 16 heavy (non-hydrogen) atoms. The Bertz CT molecular complexity index is 411. The van der Waals surface area contributed by atoms with E-state index in [1.807, 2.05) is 0 Å². The number of nitrogen functional groups attached to an aromatic ring is 1. The SMILES string of the molecule is CC(C)N1CCC=C(c2nc(N)sc2Cl)C1. The third-order valence-electron chi connectivity index (χ3n) is 2.82. The molecular formula is C11H16ClN3S. The van der Waals surface area contributed by atoms with Crippen LogP contribution in [0.3, 0.4) is 0 Å². The van der Waals surface area contributed by atoms with Gasteiger partial charge in [0.05, 0.1) is 5.69 Å². The summed E-state index contributed by atoms with van der Waals surface area (Å²) in [6, 6.07) is 0.554. The zero-order chi connectivity index (χ0) is 11.7. The highest BCUT2D eigenvalue weighted by molar-refractivity contribution is 7.19. The second-order valence-electron chi connectivity index (χ2n) is 4.26. The molecule has 0 saturated carbocycles. The molecule has 2 N–H and O–H groups in total. The van der Waals surface area contributed by atoms with Gasteiger partial charge in [0.25, 0.3) is 0 Å². The zero-order valence-electron chi connectivity index (χ0n) is 9.53. The molecule has 3 nitrogen and oxygen atoms in total. The summed E-state index contributed by atoms with van der Waals surface area (Å²) in [5.41, 5.74) is 7.74. The van der Waals surface area contributed by atoms with Crippen molar-refractivity contribution < 1.29 is 0 Å². The van der Waals surface area contributed by atoms with E-state index >= 15 is 0 Å². The van der Waals surface area contributed by atoms with Gasteiger partial charge in [-0.2, -0.15) is 0 Å². The standard InChI is InChI=1S/C11H16ClN3S/c1-7(2)15-5-3-4-8(6-15)9-10(12)16-11(13)14-9/h4,7H,3,5-6H2,1-2H3,(H2,13,14). The Labute approximate surface area is 105 Å². The first-order chi connectivity index (χ1) is 7.58. The minimum Gasteiger partial charge on any atom is -0.375 e. The minimum atomic E-state index is 0.544. The molecule has 1 aromatic rings. The molecule has 2 rings (SSSR count). The van der Waals surface area contributed by atoms with E-state index in [4.69, 9.17) is 17.3 Å². The molecule has 88 valence electrons. The molecular weight excluding hydrogens is 242 g/mol. The summed E-state index contributed by atoms with van der Waals surface area (Å²) < 4.78 is 0.703. The van der Waals surface area contributed by atoms with Crippen LogP contribution in [0.5, 0.6) is 0 Å². The van der Waals surface area contributed by atoms with Crippen molar-refractivity contribution >= 4 is 33.6 Å². The molecule has 0 aromatic carbocycles. The average molecular weight is 258 g/mol. The average Bonchev–Trinajstić information content (AvgIpc) is 2.58. The maximum Gasteiger partial charge on any atom is 0.182 e. The molecule has 5 heteroatoms. The van der Waals surface area contributed by atoms with Crippen LogP contribution < -0.4 is 5.73 Å². The van der Waals surface area contributed by atoms with Crippen molar-refractivity contribution in [2.75, 3.05) is 18.8 Å². The Balaban J connectivity index is 2.22. The van der Waals surface area contributed by atoms with Crippen molar-refractivity contribution in [1.82, 2.24) is 9.88 Å². The molecule has 1 aliphatic heterocycles. The van der Waals surface area contributed by atoms with E-state index in [2.05, 4.69) is 29.8 Å². The summed E-state index contributed by atoms with van der Waals surface area (Å²) in [4.78, 5) is 6.71. The van der Waals surface area contributed by atoms with Gasteiger partial charge in [-0.15, -0.1) is 0 Å². The lowest BCUT2D eigenvalue weighted by molar-refractivity contribution is 0.247. The van der Waals surface area contributed by atoms with Crippen molar-refractivity contribution in [3.63, 3.8) is 0 Å². The molecule has 1 aliphatic rings. The monoisotopic (exact) mass is 257 g/mol. The fourth-order valence-corrected chi connectivity index (χ4v) is 2.89. The Kier molecular flexibility index (Phi) is 3.52.